The molecular formula is C29H35BrClF3. The van der Waals surface area contributed by atoms with Crippen molar-refractivity contribution < 1.29 is 13.2 Å². The fourth-order valence-corrected chi connectivity index (χ4v) is 3.63. The monoisotopic (exact) mass is 554 g/mol. The second-order valence-electron chi connectivity index (χ2n) is 9.39. The Kier molecular flexibility index (Phi) is 12.4. The molecule has 0 bridgehead atoms. The first-order valence-electron chi connectivity index (χ1n) is 11.4. The molecule has 0 amide bonds. The van der Waals surface area contributed by atoms with E-state index in [1.807, 2.05) is 39.0 Å². The Morgan fingerprint density at radius 1 is 0.588 bits per heavy atom. The van der Waals surface area contributed by atoms with Crippen LogP contribution in [0.4, 0.5) is 13.2 Å². The van der Waals surface area contributed by atoms with Crippen LogP contribution in [-0.4, -0.2) is 0 Å². The van der Waals surface area contributed by atoms with E-state index in [1.54, 1.807) is 12.1 Å². The number of rotatable bonds is 3. The molecular weight excluding hydrogens is 521 g/mol. The van der Waals surface area contributed by atoms with E-state index < -0.39 is 11.6 Å². The van der Waals surface area contributed by atoms with E-state index in [0.717, 1.165) is 16.1 Å². The Labute approximate surface area is 216 Å². The molecule has 3 aromatic rings. The zero-order chi connectivity index (χ0) is 26.2. The standard InChI is InChI=1S/C10H13Cl.C10H13F.C9H9BrF2/c2*1-7(2)9-4-8(3)5-10(11)6-9;1-5(2)6-3-7(11)9(10)8(12)4-6/h2*4-7H,1-3H3;3-5H,1-2H3. The first kappa shape index (κ1) is 30.3. The normalized spacial score (nSPS) is 10.7. The van der Waals surface area contributed by atoms with E-state index in [-0.39, 0.29) is 16.2 Å². The van der Waals surface area contributed by atoms with E-state index in [0.29, 0.717) is 17.4 Å². The molecule has 0 N–H and O–H groups in total. The highest BCUT2D eigenvalue weighted by atomic mass is 79.9. The molecule has 0 unspecified atom stereocenters. The van der Waals surface area contributed by atoms with Crippen LogP contribution in [0.5, 0.6) is 0 Å². The second-order valence-corrected chi connectivity index (χ2v) is 10.6. The summed E-state index contributed by atoms with van der Waals surface area (Å²) in [6, 6.07) is 14.0. The van der Waals surface area contributed by atoms with Gasteiger partial charge in [0.05, 0.1) is 4.47 Å². The molecule has 0 aliphatic carbocycles. The van der Waals surface area contributed by atoms with Crippen LogP contribution in [-0.2, 0) is 0 Å². The number of hydrogen-bond acceptors (Lipinski definition) is 0. The van der Waals surface area contributed by atoms with Gasteiger partial charge in [-0.05, 0) is 112 Å². The van der Waals surface area contributed by atoms with Gasteiger partial charge in [0.25, 0.3) is 0 Å². The van der Waals surface area contributed by atoms with Crippen molar-refractivity contribution in [2.24, 2.45) is 0 Å². The van der Waals surface area contributed by atoms with Crippen LogP contribution < -0.4 is 0 Å². The van der Waals surface area contributed by atoms with Gasteiger partial charge < -0.3 is 0 Å². The summed E-state index contributed by atoms with van der Waals surface area (Å²) in [6.07, 6.45) is 0. The average molecular weight is 556 g/mol. The third-order valence-electron chi connectivity index (χ3n) is 5.14. The summed E-state index contributed by atoms with van der Waals surface area (Å²) in [5.41, 5.74) is 5.29. The van der Waals surface area contributed by atoms with E-state index in [1.165, 1.54) is 23.3 Å². The minimum Gasteiger partial charge on any atom is -0.207 e. The van der Waals surface area contributed by atoms with Crippen molar-refractivity contribution in [2.45, 2.75) is 73.1 Å². The fraction of sp³-hybridized carbons (Fsp3) is 0.379. The summed E-state index contributed by atoms with van der Waals surface area (Å²) < 4.78 is 38.5. The highest BCUT2D eigenvalue weighted by Gasteiger charge is 2.09. The van der Waals surface area contributed by atoms with E-state index in [9.17, 15) is 13.2 Å². The van der Waals surface area contributed by atoms with Crippen molar-refractivity contribution in [3.63, 3.8) is 0 Å². The molecule has 186 valence electrons. The van der Waals surface area contributed by atoms with Crippen molar-refractivity contribution in [3.8, 4) is 0 Å². The second kappa shape index (κ2) is 13.9. The molecule has 0 saturated carbocycles. The maximum Gasteiger partial charge on any atom is 0.140 e. The van der Waals surface area contributed by atoms with Gasteiger partial charge in [-0.15, -0.1) is 0 Å². The van der Waals surface area contributed by atoms with E-state index in [4.69, 9.17) is 11.6 Å². The van der Waals surface area contributed by atoms with Gasteiger partial charge in [-0.1, -0.05) is 65.3 Å². The minimum absolute atomic E-state index is 0.0908. The SMILES string of the molecule is CC(C)c1cc(F)c(Br)c(F)c1.Cc1cc(Cl)cc(C(C)C)c1.Cc1cc(F)cc(C(C)C)c1. The van der Waals surface area contributed by atoms with Crippen molar-refractivity contribution in [1.82, 2.24) is 0 Å². The van der Waals surface area contributed by atoms with Gasteiger partial charge in [0.2, 0.25) is 0 Å². The van der Waals surface area contributed by atoms with Gasteiger partial charge >= 0.3 is 0 Å². The molecule has 0 aromatic heterocycles. The quantitative estimate of drug-likeness (QED) is 0.282. The van der Waals surface area contributed by atoms with Gasteiger partial charge in [-0.2, -0.15) is 0 Å². The molecule has 0 aliphatic heterocycles. The summed E-state index contributed by atoms with van der Waals surface area (Å²) in [5.74, 6) is -0.106. The predicted molar refractivity (Wildman–Crippen MR) is 144 cm³/mol. The van der Waals surface area contributed by atoms with Crippen LogP contribution in [0.3, 0.4) is 0 Å². The lowest BCUT2D eigenvalue weighted by molar-refractivity contribution is 0.566. The molecule has 0 fully saturated rings. The Bertz CT molecular complexity index is 956. The van der Waals surface area contributed by atoms with Crippen molar-refractivity contribution in [3.05, 3.63) is 103 Å². The lowest BCUT2D eigenvalue weighted by Crippen LogP contribution is -1.92. The third kappa shape index (κ3) is 10.2. The Morgan fingerprint density at radius 3 is 1.35 bits per heavy atom. The zero-order valence-corrected chi connectivity index (χ0v) is 23.6. The molecule has 0 heterocycles. The molecule has 0 saturated heterocycles. The highest BCUT2D eigenvalue weighted by Crippen LogP contribution is 2.25. The van der Waals surface area contributed by atoms with E-state index in [2.05, 4.69) is 56.6 Å². The van der Waals surface area contributed by atoms with Crippen LogP contribution in [0.1, 0.15) is 87.1 Å². The summed E-state index contributed by atoms with van der Waals surface area (Å²) >= 11 is 8.71. The summed E-state index contributed by atoms with van der Waals surface area (Å²) in [7, 11) is 0. The molecule has 5 heteroatoms. The number of aryl methyl sites for hydroxylation is 2. The largest absolute Gasteiger partial charge is 0.207 e. The minimum atomic E-state index is -0.543. The molecule has 3 aromatic carbocycles. The topological polar surface area (TPSA) is 0 Å². The lowest BCUT2D eigenvalue weighted by atomic mass is 10.0. The predicted octanol–water partition coefficient (Wildman–Crippen LogP) is 10.9. The van der Waals surface area contributed by atoms with Crippen LogP contribution in [0.2, 0.25) is 5.02 Å². The van der Waals surface area contributed by atoms with Crippen molar-refractivity contribution >= 4 is 27.5 Å². The Balaban J connectivity index is 0.000000255. The number of benzene rings is 3. The van der Waals surface area contributed by atoms with Crippen LogP contribution >= 0.6 is 27.5 Å². The third-order valence-corrected chi connectivity index (χ3v) is 6.11. The molecule has 0 spiro atoms. The molecule has 0 nitrogen and oxygen atoms in total. The summed E-state index contributed by atoms with van der Waals surface area (Å²) in [4.78, 5) is 0. The van der Waals surface area contributed by atoms with Gasteiger partial charge in [-0.3, -0.25) is 0 Å². The first-order valence-corrected chi connectivity index (χ1v) is 12.6. The van der Waals surface area contributed by atoms with Crippen molar-refractivity contribution in [1.29, 1.82) is 0 Å². The van der Waals surface area contributed by atoms with Gasteiger partial charge in [0, 0.05) is 5.02 Å². The molecule has 0 radical (unpaired) electrons. The van der Waals surface area contributed by atoms with Crippen LogP contribution in [0.15, 0.2) is 53.0 Å². The first-order chi connectivity index (χ1) is 15.7. The Hall–Kier alpha value is -1.78. The number of hydrogen-bond donors (Lipinski definition) is 0. The van der Waals surface area contributed by atoms with Crippen molar-refractivity contribution in [2.75, 3.05) is 0 Å². The highest BCUT2D eigenvalue weighted by molar-refractivity contribution is 9.10. The van der Waals surface area contributed by atoms with Crippen LogP contribution in [0.25, 0.3) is 0 Å². The summed E-state index contributed by atoms with van der Waals surface area (Å²) in [6.45, 7) is 16.2. The fourth-order valence-electron chi connectivity index (χ4n) is 3.10. The molecule has 0 aliphatic rings. The number of halogens is 5. The molecule has 34 heavy (non-hydrogen) atoms. The van der Waals surface area contributed by atoms with E-state index >= 15 is 0 Å². The van der Waals surface area contributed by atoms with Gasteiger partial charge in [0.1, 0.15) is 17.5 Å². The Morgan fingerprint density at radius 2 is 0.971 bits per heavy atom. The maximum atomic E-state index is 12.9. The summed E-state index contributed by atoms with van der Waals surface area (Å²) in [5, 5.41) is 0.841. The van der Waals surface area contributed by atoms with Gasteiger partial charge in [-0.25, -0.2) is 13.2 Å². The maximum absolute atomic E-state index is 12.9. The molecule has 0 atom stereocenters. The smallest absolute Gasteiger partial charge is 0.140 e. The molecule has 3 rings (SSSR count). The lowest BCUT2D eigenvalue weighted by Gasteiger charge is -2.06. The van der Waals surface area contributed by atoms with Crippen LogP contribution in [0, 0.1) is 31.3 Å². The van der Waals surface area contributed by atoms with Gasteiger partial charge in [0.15, 0.2) is 0 Å². The zero-order valence-electron chi connectivity index (χ0n) is 21.2. The average Bonchev–Trinajstić information content (AvgIpc) is 2.71.